The molecule has 3 heteroatoms. The van der Waals surface area contributed by atoms with Crippen molar-refractivity contribution in [3.8, 4) is 5.75 Å². The zero-order chi connectivity index (χ0) is 13.2. The van der Waals surface area contributed by atoms with E-state index in [4.69, 9.17) is 4.74 Å². The summed E-state index contributed by atoms with van der Waals surface area (Å²) in [7, 11) is 1.73. The van der Waals surface area contributed by atoms with E-state index >= 15 is 0 Å². The summed E-state index contributed by atoms with van der Waals surface area (Å²) < 4.78 is 5.33. The zero-order valence-electron chi connectivity index (χ0n) is 11.9. The van der Waals surface area contributed by atoms with Crippen molar-refractivity contribution in [3.63, 3.8) is 0 Å². The molecular weight excluding hydrogens is 236 g/mol. The molecule has 2 aliphatic heterocycles. The van der Waals surface area contributed by atoms with Gasteiger partial charge in [-0.25, -0.2) is 0 Å². The summed E-state index contributed by atoms with van der Waals surface area (Å²) in [5.74, 6) is 1.81. The van der Waals surface area contributed by atoms with Crippen LogP contribution in [0.15, 0.2) is 24.3 Å². The van der Waals surface area contributed by atoms with Gasteiger partial charge in [0.2, 0.25) is 0 Å². The molecule has 0 bridgehead atoms. The van der Waals surface area contributed by atoms with E-state index in [-0.39, 0.29) is 0 Å². The van der Waals surface area contributed by atoms with Gasteiger partial charge in [0, 0.05) is 25.2 Å². The molecule has 1 aromatic carbocycles. The highest BCUT2D eigenvalue weighted by atomic mass is 16.5. The lowest BCUT2D eigenvalue weighted by Gasteiger charge is -2.25. The van der Waals surface area contributed by atoms with E-state index < -0.39 is 0 Å². The molecule has 2 aliphatic rings. The van der Waals surface area contributed by atoms with Crippen LogP contribution in [-0.2, 0) is 0 Å². The molecule has 1 N–H and O–H groups in total. The van der Waals surface area contributed by atoms with Crippen molar-refractivity contribution in [1.82, 2.24) is 10.2 Å². The number of hydrogen-bond donors (Lipinski definition) is 1. The highest BCUT2D eigenvalue weighted by Gasteiger charge is 2.36. The van der Waals surface area contributed by atoms with Gasteiger partial charge in [0.05, 0.1) is 7.11 Å². The molecule has 104 valence electrons. The second-order valence-corrected chi connectivity index (χ2v) is 5.87. The highest BCUT2D eigenvalue weighted by Crippen LogP contribution is 2.32. The SMILES string of the molecule is COc1cccc(C(C)N2CC3CCCNC3C2)c1. The number of fused-ring (bicyclic) bond motifs is 1. The molecule has 2 heterocycles. The number of rotatable bonds is 3. The lowest BCUT2D eigenvalue weighted by molar-refractivity contribution is 0.250. The van der Waals surface area contributed by atoms with Crippen molar-refractivity contribution in [2.75, 3.05) is 26.7 Å². The first-order valence-electron chi connectivity index (χ1n) is 7.39. The Balaban J connectivity index is 1.71. The maximum Gasteiger partial charge on any atom is 0.119 e. The van der Waals surface area contributed by atoms with Gasteiger partial charge in [-0.15, -0.1) is 0 Å². The molecule has 19 heavy (non-hydrogen) atoms. The summed E-state index contributed by atoms with van der Waals surface area (Å²) in [5.41, 5.74) is 1.36. The van der Waals surface area contributed by atoms with Gasteiger partial charge in [0.1, 0.15) is 5.75 Å². The van der Waals surface area contributed by atoms with E-state index in [2.05, 4.69) is 35.3 Å². The van der Waals surface area contributed by atoms with Crippen LogP contribution in [0.2, 0.25) is 0 Å². The summed E-state index contributed by atoms with van der Waals surface area (Å²) in [4.78, 5) is 2.61. The summed E-state index contributed by atoms with van der Waals surface area (Å²) in [6.07, 6.45) is 2.72. The summed E-state index contributed by atoms with van der Waals surface area (Å²) in [6.45, 7) is 5.92. The Morgan fingerprint density at radius 3 is 3.05 bits per heavy atom. The van der Waals surface area contributed by atoms with E-state index in [1.54, 1.807) is 7.11 Å². The topological polar surface area (TPSA) is 24.5 Å². The summed E-state index contributed by atoms with van der Waals surface area (Å²) >= 11 is 0. The number of nitrogens with zero attached hydrogens (tertiary/aromatic N) is 1. The maximum absolute atomic E-state index is 5.33. The summed E-state index contributed by atoms with van der Waals surface area (Å²) in [5, 5.41) is 3.67. The first kappa shape index (κ1) is 12.9. The smallest absolute Gasteiger partial charge is 0.119 e. The van der Waals surface area contributed by atoms with Gasteiger partial charge in [-0.05, 0) is 49.9 Å². The third-order valence-electron chi connectivity index (χ3n) is 4.75. The molecule has 0 aromatic heterocycles. The van der Waals surface area contributed by atoms with Crippen LogP contribution in [0.1, 0.15) is 31.4 Å². The van der Waals surface area contributed by atoms with Crippen LogP contribution in [0.5, 0.6) is 5.75 Å². The fourth-order valence-corrected chi connectivity index (χ4v) is 3.51. The van der Waals surface area contributed by atoms with E-state index in [0.717, 1.165) is 11.7 Å². The largest absolute Gasteiger partial charge is 0.497 e. The zero-order valence-corrected chi connectivity index (χ0v) is 11.9. The third-order valence-corrected chi connectivity index (χ3v) is 4.75. The Labute approximate surface area is 115 Å². The van der Waals surface area contributed by atoms with E-state index in [1.807, 2.05) is 6.07 Å². The quantitative estimate of drug-likeness (QED) is 0.903. The van der Waals surface area contributed by atoms with E-state index in [1.165, 1.54) is 38.0 Å². The first-order chi connectivity index (χ1) is 9.28. The number of ether oxygens (including phenoxy) is 1. The molecule has 1 aromatic rings. The van der Waals surface area contributed by atoms with E-state index in [9.17, 15) is 0 Å². The van der Waals surface area contributed by atoms with Crippen LogP contribution in [0.4, 0.5) is 0 Å². The van der Waals surface area contributed by atoms with Crippen LogP contribution in [0.3, 0.4) is 0 Å². The number of piperidine rings is 1. The van der Waals surface area contributed by atoms with Gasteiger partial charge in [-0.1, -0.05) is 12.1 Å². The molecule has 3 nitrogen and oxygen atoms in total. The van der Waals surface area contributed by atoms with Gasteiger partial charge in [-0.2, -0.15) is 0 Å². The molecule has 0 radical (unpaired) electrons. The van der Waals surface area contributed by atoms with E-state index in [0.29, 0.717) is 12.1 Å². The minimum Gasteiger partial charge on any atom is -0.497 e. The normalized spacial score (nSPS) is 28.9. The average Bonchev–Trinajstić information content (AvgIpc) is 2.90. The van der Waals surface area contributed by atoms with Crippen molar-refractivity contribution >= 4 is 0 Å². The van der Waals surface area contributed by atoms with Gasteiger partial charge >= 0.3 is 0 Å². The monoisotopic (exact) mass is 260 g/mol. The minimum absolute atomic E-state index is 0.475. The average molecular weight is 260 g/mol. The number of benzene rings is 1. The molecule has 3 unspecified atom stereocenters. The Bertz CT molecular complexity index is 421. The molecule has 2 fully saturated rings. The second-order valence-electron chi connectivity index (χ2n) is 5.87. The van der Waals surface area contributed by atoms with Gasteiger partial charge in [0.15, 0.2) is 0 Å². The fraction of sp³-hybridized carbons (Fsp3) is 0.625. The molecule has 2 saturated heterocycles. The predicted molar refractivity (Wildman–Crippen MR) is 77.5 cm³/mol. The third kappa shape index (κ3) is 2.63. The van der Waals surface area contributed by atoms with Gasteiger partial charge in [-0.3, -0.25) is 4.90 Å². The predicted octanol–water partition coefficient (Wildman–Crippen LogP) is 2.44. The molecule has 0 spiro atoms. The molecule has 0 saturated carbocycles. The van der Waals surface area contributed by atoms with Crippen molar-refractivity contribution in [2.45, 2.75) is 31.8 Å². The standard InChI is InChI=1S/C16H24N2O/c1-12(13-5-3-7-15(9-13)19-2)18-10-14-6-4-8-17-16(14)11-18/h3,5,7,9,12,14,16-17H,4,6,8,10-11H2,1-2H3. The van der Waals surface area contributed by atoms with Crippen molar-refractivity contribution < 1.29 is 4.74 Å². The number of methoxy groups -OCH3 is 1. The molecular formula is C16H24N2O. The van der Waals surface area contributed by atoms with Crippen LogP contribution in [0.25, 0.3) is 0 Å². The molecule has 3 rings (SSSR count). The lowest BCUT2D eigenvalue weighted by atomic mass is 9.94. The van der Waals surface area contributed by atoms with Crippen molar-refractivity contribution in [2.24, 2.45) is 5.92 Å². The Kier molecular flexibility index (Phi) is 3.76. The Morgan fingerprint density at radius 2 is 2.26 bits per heavy atom. The highest BCUT2D eigenvalue weighted by molar-refractivity contribution is 5.30. The van der Waals surface area contributed by atoms with Gasteiger partial charge < -0.3 is 10.1 Å². The van der Waals surface area contributed by atoms with Crippen LogP contribution in [0, 0.1) is 5.92 Å². The molecule has 0 aliphatic carbocycles. The van der Waals surface area contributed by atoms with Crippen molar-refractivity contribution in [1.29, 1.82) is 0 Å². The maximum atomic E-state index is 5.33. The molecule has 3 atom stereocenters. The van der Waals surface area contributed by atoms with Crippen molar-refractivity contribution in [3.05, 3.63) is 29.8 Å². The van der Waals surface area contributed by atoms with Crippen LogP contribution < -0.4 is 10.1 Å². The second kappa shape index (κ2) is 5.51. The Hall–Kier alpha value is -1.06. The lowest BCUT2D eigenvalue weighted by Crippen LogP contribution is -2.40. The van der Waals surface area contributed by atoms with Crippen LogP contribution in [-0.4, -0.2) is 37.7 Å². The number of likely N-dealkylation sites (tertiary alicyclic amines) is 1. The minimum atomic E-state index is 0.475. The number of nitrogens with one attached hydrogen (secondary N) is 1. The van der Waals surface area contributed by atoms with Gasteiger partial charge in [0.25, 0.3) is 0 Å². The number of hydrogen-bond acceptors (Lipinski definition) is 3. The summed E-state index contributed by atoms with van der Waals surface area (Å²) in [6, 6.07) is 9.67. The van der Waals surface area contributed by atoms with Crippen LogP contribution >= 0.6 is 0 Å². The Morgan fingerprint density at radius 1 is 1.37 bits per heavy atom. The first-order valence-corrected chi connectivity index (χ1v) is 7.39. The molecule has 0 amide bonds. The fourth-order valence-electron chi connectivity index (χ4n) is 3.51.